The molecule has 31 heavy (non-hydrogen) atoms. The van der Waals surface area contributed by atoms with Gasteiger partial charge in [0, 0.05) is 51.0 Å². The number of aliphatic hydroxyl groups is 1. The zero-order valence-electron chi connectivity index (χ0n) is 19.3. The Balaban J connectivity index is 2.95. The minimum Gasteiger partial charge on any atom is -0.391 e. The molecule has 1 aliphatic rings. The molecule has 1 heterocycles. The van der Waals surface area contributed by atoms with Gasteiger partial charge in [-0.1, -0.05) is 0 Å². The summed E-state index contributed by atoms with van der Waals surface area (Å²) in [6, 6.07) is 1.55. The number of rotatable bonds is 14. The molecular weight excluding hydrogens is 441 g/mol. The van der Waals surface area contributed by atoms with Crippen LogP contribution < -0.4 is 0 Å². The molecule has 1 rings (SSSR count). The SMILES string of the molecule is [B][C@@H]1O[C@@](/C=C/P(=O)(OC)OC)(CCOP(OCCC#N)N(C(C)C)C(C)C)C[C@H]1O. The van der Waals surface area contributed by atoms with E-state index in [1.54, 1.807) is 6.08 Å². The van der Waals surface area contributed by atoms with Crippen LogP contribution in [0.5, 0.6) is 0 Å². The van der Waals surface area contributed by atoms with E-state index in [-0.39, 0.29) is 38.1 Å². The number of nitriles is 1. The molecule has 0 amide bonds. The van der Waals surface area contributed by atoms with Crippen LogP contribution in [-0.2, 0) is 27.4 Å². The first kappa shape index (κ1) is 28.7. The van der Waals surface area contributed by atoms with Gasteiger partial charge in [-0.2, -0.15) is 5.26 Å². The molecule has 2 radical (unpaired) electrons. The molecule has 0 aromatic heterocycles. The first-order valence-electron chi connectivity index (χ1n) is 10.3. The summed E-state index contributed by atoms with van der Waals surface area (Å²) in [5.74, 6) is 1.32. The highest BCUT2D eigenvalue weighted by Gasteiger charge is 2.42. The summed E-state index contributed by atoms with van der Waals surface area (Å²) >= 11 is 0. The molecule has 176 valence electrons. The molecule has 4 atom stereocenters. The summed E-state index contributed by atoms with van der Waals surface area (Å²) in [4.78, 5) is 0. The molecule has 0 aromatic rings. The van der Waals surface area contributed by atoms with Gasteiger partial charge in [-0.25, -0.2) is 4.67 Å². The zero-order chi connectivity index (χ0) is 23.7. The molecule has 0 saturated carbocycles. The van der Waals surface area contributed by atoms with Crippen molar-refractivity contribution < 1.29 is 32.5 Å². The van der Waals surface area contributed by atoms with Crippen LogP contribution in [0.3, 0.4) is 0 Å². The molecule has 0 spiro atoms. The molecular formula is C19H35BN2O7P2. The van der Waals surface area contributed by atoms with Crippen LogP contribution in [0, 0.1) is 11.3 Å². The van der Waals surface area contributed by atoms with Gasteiger partial charge in [0.1, 0.15) is 7.85 Å². The predicted octanol–water partition coefficient (Wildman–Crippen LogP) is 3.68. The fraction of sp³-hybridized carbons (Fsp3) is 0.842. The second-order valence-corrected chi connectivity index (χ2v) is 11.3. The molecule has 1 fully saturated rings. The topological polar surface area (TPSA) is 110 Å². The van der Waals surface area contributed by atoms with Crippen LogP contribution in [0.15, 0.2) is 11.9 Å². The quantitative estimate of drug-likeness (QED) is 0.228. The summed E-state index contributed by atoms with van der Waals surface area (Å²) < 4.78 is 42.2. The Morgan fingerprint density at radius 1 is 1.29 bits per heavy atom. The van der Waals surface area contributed by atoms with E-state index < -0.39 is 33.8 Å². The maximum atomic E-state index is 12.4. The third kappa shape index (κ3) is 8.85. The Morgan fingerprint density at radius 2 is 1.87 bits per heavy atom. The first-order chi connectivity index (χ1) is 14.5. The van der Waals surface area contributed by atoms with E-state index in [9.17, 15) is 9.67 Å². The van der Waals surface area contributed by atoms with E-state index in [1.165, 1.54) is 20.0 Å². The highest BCUT2D eigenvalue weighted by Crippen LogP contribution is 2.50. The lowest BCUT2D eigenvalue weighted by molar-refractivity contribution is 0.00166. The Bertz CT molecular complexity index is 634. The fourth-order valence-electron chi connectivity index (χ4n) is 3.25. The molecule has 1 aliphatic heterocycles. The smallest absolute Gasteiger partial charge is 0.353 e. The third-order valence-electron chi connectivity index (χ3n) is 4.76. The Kier molecular flexibility index (Phi) is 12.4. The summed E-state index contributed by atoms with van der Waals surface area (Å²) in [5, 5.41) is 19.0. The number of hydrogen-bond acceptors (Lipinski definition) is 9. The van der Waals surface area contributed by atoms with E-state index in [2.05, 4.69) is 38.4 Å². The highest BCUT2D eigenvalue weighted by molar-refractivity contribution is 7.57. The molecule has 9 nitrogen and oxygen atoms in total. The van der Waals surface area contributed by atoms with Gasteiger partial charge in [-0.05, 0) is 33.8 Å². The Labute approximate surface area is 188 Å². The van der Waals surface area contributed by atoms with Crippen LogP contribution in [0.2, 0.25) is 0 Å². The highest BCUT2D eigenvalue weighted by atomic mass is 31.2. The lowest BCUT2D eigenvalue weighted by atomic mass is 9.90. The molecule has 0 bridgehead atoms. The van der Waals surface area contributed by atoms with E-state index in [0.717, 1.165) is 0 Å². The summed E-state index contributed by atoms with van der Waals surface area (Å²) in [6.45, 7) is 8.73. The van der Waals surface area contributed by atoms with E-state index in [1.807, 2.05) is 0 Å². The van der Waals surface area contributed by atoms with E-state index in [4.69, 9.17) is 35.9 Å². The van der Waals surface area contributed by atoms with Gasteiger partial charge >= 0.3 is 7.60 Å². The van der Waals surface area contributed by atoms with Crippen molar-refractivity contribution in [2.24, 2.45) is 0 Å². The maximum absolute atomic E-state index is 12.4. The number of nitrogens with zero attached hydrogens (tertiary/aromatic N) is 2. The first-order valence-corrected chi connectivity index (χ1v) is 13.0. The second-order valence-electron chi connectivity index (χ2n) is 7.77. The van der Waals surface area contributed by atoms with Crippen molar-refractivity contribution in [3.63, 3.8) is 0 Å². The Hall–Kier alpha value is -0.325. The largest absolute Gasteiger partial charge is 0.391 e. The molecule has 1 saturated heterocycles. The van der Waals surface area contributed by atoms with Crippen molar-refractivity contribution in [3.05, 3.63) is 11.9 Å². The summed E-state index contributed by atoms with van der Waals surface area (Å²) in [6.07, 6.45) is 1.53. The van der Waals surface area contributed by atoms with Gasteiger partial charge < -0.3 is 27.9 Å². The van der Waals surface area contributed by atoms with Crippen LogP contribution in [0.4, 0.5) is 0 Å². The second kappa shape index (κ2) is 13.4. The van der Waals surface area contributed by atoms with Crippen molar-refractivity contribution >= 4 is 24.0 Å². The normalized spacial score (nSPS) is 25.7. The van der Waals surface area contributed by atoms with Crippen LogP contribution in [0.25, 0.3) is 0 Å². The summed E-state index contributed by atoms with van der Waals surface area (Å²) in [5.41, 5.74) is -0.986. The minimum atomic E-state index is -3.41. The Morgan fingerprint density at radius 3 is 2.32 bits per heavy atom. The monoisotopic (exact) mass is 476 g/mol. The van der Waals surface area contributed by atoms with E-state index >= 15 is 0 Å². The molecule has 1 N–H and O–H groups in total. The average molecular weight is 476 g/mol. The van der Waals surface area contributed by atoms with Crippen molar-refractivity contribution in [2.75, 3.05) is 27.4 Å². The lowest BCUT2D eigenvalue weighted by Crippen LogP contribution is -2.34. The van der Waals surface area contributed by atoms with Gasteiger partial charge in [-0.15, -0.1) is 0 Å². The van der Waals surface area contributed by atoms with Crippen molar-refractivity contribution in [1.29, 1.82) is 5.26 Å². The summed E-state index contributed by atoms with van der Waals surface area (Å²) in [7, 11) is 3.62. The number of ether oxygens (including phenoxy) is 1. The molecule has 0 aromatic carbocycles. The van der Waals surface area contributed by atoms with Gasteiger partial charge in [0.15, 0.2) is 0 Å². The lowest BCUT2D eigenvalue weighted by Gasteiger charge is -2.36. The molecule has 1 unspecified atom stereocenters. The fourth-order valence-corrected chi connectivity index (χ4v) is 5.69. The maximum Gasteiger partial charge on any atom is 0.353 e. The standard InChI is InChI=1S/C19H35BN2O7P2/c1-15(2)22(16(3)4)30(27-11-7-10-21)28-12-8-19(14-17(23)18(20)29-19)9-13-31(24,25-5)26-6/h9,13,15-18,23H,7-8,11-12,14H2,1-6H3/b13-9+/t17-,18-,19-,30?/m1/s1. The van der Waals surface area contributed by atoms with Gasteiger partial charge in [0.25, 0.3) is 8.53 Å². The van der Waals surface area contributed by atoms with Crippen molar-refractivity contribution in [2.45, 2.75) is 76.7 Å². The molecule has 0 aliphatic carbocycles. The minimum absolute atomic E-state index is 0.175. The van der Waals surface area contributed by atoms with Gasteiger partial charge in [-0.3, -0.25) is 4.57 Å². The molecule has 12 heteroatoms. The zero-order valence-corrected chi connectivity index (χ0v) is 21.1. The number of hydrogen-bond donors (Lipinski definition) is 1. The van der Waals surface area contributed by atoms with Gasteiger partial charge in [0.2, 0.25) is 0 Å². The van der Waals surface area contributed by atoms with Crippen LogP contribution in [-0.4, -0.2) is 74.8 Å². The van der Waals surface area contributed by atoms with Gasteiger partial charge in [0.05, 0.1) is 37.4 Å². The van der Waals surface area contributed by atoms with Crippen molar-refractivity contribution in [3.8, 4) is 6.07 Å². The van der Waals surface area contributed by atoms with E-state index in [0.29, 0.717) is 6.42 Å². The predicted molar refractivity (Wildman–Crippen MR) is 121 cm³/mol. The van der Waals surface area contributed by atoms with Crippen LogP contribution in [0.1, 0.15) is 47.0 Å². The van der Waals surface area contributed by atoms with Crippen molar-refractivity contribution in [1.82, 2.24) is 4.67 Å². The van der Waals surface area contributed by atoms with Crippen LogP contribution >= 0.6 is 16.1 Å². The third-order valence-corrected chi connectivity index (χ3v) is 8.40. The number of aliphatic hydroxyl groups excluding tert-OH is 1. The average Bonchev–Trinajstić information content (AvgIpc) is 2.99.